The predicted octanol–water partition coefficient (Wildman–Crippen LogP) is 5.10. The first-order valence-electron chi connectivity index (χ1n) is 7.02. The highest BCUT2D eigenvalue weighted by molar-refractivity contribution is 7.14. The fourth-order valence-corrected chi connectivity index (χ4v) is 3.13. The zero-order valence-electron chi connectivity index (χ0n) is 11.7. The number of rotatable bonds is 3. The minimum atomic E-state index is 0.872. The minimum Gasteiger partial charge on any atom is -0.331 e. The average Bonchev–Trinajstić information content (AvgIpc) is 3.05. The van der Waals surface area contributed by atoms with Gasteiger partial charge in [0, 0.05) is 22.7 Å². The average molecular weight is 303 g/mol. The molecular formula is C18H13N3S. The van der Waals surface area contributed by atoms with Gasteiger partial charge in [0.1, 0.15) is 5.69 Å². The molecule has 22 heavy (non-hydrogen) atoms. The summed E-state index contributed by atoms with van der Waals surface area (Å²) in [5, 5.41) is 8.72. The van der Waals surface area contributed by atoms with Gasteiger partial charge < -0.3 is 5.32 Å². The molecule has 0 fully saturated rings. The van der Waals surface area contributed by atoms with Crippen molar-refractivity contribution in [1.82, 2.24) is 9.97 Å². The molecule has 0 atom stereocenters. The van der Waals surface area contributed by atoms with Gasteiger partial charge in [-0.05, 0) is 23.6 Å². The third-order valence-corrected chi connectivity index (χ3v) is 4.22. The van der Waals surface area contributed by atoms with Crippen LogP contribution >= 0.6 is 11.3 Å². The van der Waals surface area contributed by atoms with E-state index in [1.54, 1.807) is 17.5 Å². The van der Waals surface area contributed by atoms with Gasteiger partial charge in [-0.3, -0.25) is 4.98 Å². The molecule has 3 nitrogen and oxygen atoms in total. The standard InChI is InChI=1S/C18H13N3S/c1-2-8-14-13(6-1)7-5-10-15(14)20-18-21-17(12-22-18)16-9-3-4-11-19-16/h1-12H,(H,20,21). The van der Waals surface area contributed by atoms with Gasteiger partial charge in [0.2, 0.25) is 0 Å². The first kappa shape index (κ1) is 13.0. The number of pyridine rings is 1. The van der Waals surface area contributed by atoms with E-state index in [0.717, 1.165) is 22.2 Å². The third kappa shape index (κ3) is 2.44. The van der Waals surface area contributed by atoms with Crippen molar-refractivity contribution >= 4 is 32.9 Å². The Labute approximate surface area is 132 Å². The summed E-state index contributed by atoms with van der Waals surface area (Å²) in [5.41, 5.74) is 2.86. The van der Waals surface area contributed by atoms with Crippen molar-refractivity contribution in [3.8, 4) is 11.4 Å². The number of hydrogen-bond donors (Lipinski definition) is 1. The first-order valence-corrected chi connectivity index (χ1v) is 7.90. The molecule has 0 saturated carbocycles. The monoisotopic (exact) mass is 303 g/mol. The van der Waals surface area contributed by atoms with E-state index in [1.807, 2.05) is 23.6 Å². The number of nitrogens with one attached hydrogen (secondary N) is 1. The maximum atomic E-state index is 4.63. The molecule has 0 spiro atoms. The number of anilines is 2. The van der Waals surface area contributed by atoms with Crippen molar-refractivity contribution < 1.29 is 0 Å². The summed E-state index contributed by atoms with van der Waals surface area (Å²) >= 11 is 1.59. The predicted molar refractivity (Wildman–Crippen MR) is 92.6 cm³/mol. The van der Waals surface area contributed by atoms with Crippen molar-refractivity contribution in [1.29, 1.82) is 0 Å². The van der Waals surface area contributed by atoms with Gasteiger partial charge in [-0.25, -0.2) is 4.98 Å². The molecule has 0 aliphatic rings. The number of aromatic nitrogens is 2. The zero-order chi connectivity index (χ0) is 14.8. The van der Waals surface area contributed by atoms with Gasteiger partial charge in [-0.2, -0.15) is 0 Å². The second-order valence-corrected chi connectivity index (χ2v) is 5.76. The van der Waals surface area contributed by atoms with Crippen molar-refractivity contribution in [3.05, 3.63) is 72.2 Å². The summed E-state index contributed by atoms with van der Waals surface area (Å²) < 4.78 is 0. The molecule has 2 aromatic carbocycles. The molecule has 1 N–H and O–H groups in total. The van der Waals surface area contributed by atoms with E-state index >= 15 is 0 Å². The summed E-state index contributed by atoms with van der Waals surface area (Å²) in [6.07, 6.45) is 1.78. The fourth-order valence-electron chi connectivity index (χ4n) is 2.41. The van der Waals surface area contributed by atoms with E-state index in [2.05, 4.69) is 57.7 Å². The molecular weight excluding hydrogens is 290 g/mol. The molecule has 4 heteroatoms. The van der Waals surface area contributed by atoms with Crippen LogP contribution in [0.4, 0.5) is 10.8 Å². The lowest BCUT2D eigenvalue weighted by molar-refractivity contribution is 1.28. The van der Waals surface area contributed by atoms with Gasteiger partial charge in [0.15, 0.2) is 5.13 Å². The van der Waals surface area contributed by atoms with Crippen molar-refractivity contribution in [3.63, 3.8) is 0 Å². The van der Waals surface area contributed by atoms with Crippen LogP contribution in [-0.2, 0) is 0 Å². The Morgan fingerprint density at radius 2 is 1.68 bits per heavy atom. The quantitative estimate of drug-likeness (QED) is 0.572. The SMILES string of the molecule is c1ccc(-c2csc(Nc3cccc4ccccc34)n2)nc1. The molecule has 4 rings (SSSR count). The largest absolute Gasteiger partial charge is 0.331 e. The lowest BCUT2D eigenvalue weighted by Crippen LogP contribution is -1.91. The zero-order valence-corrected chi connectivity index (χ0v) is 12.5. The van der Waals surface area contributed by atoms with Gasteiger partial charge in [-0.1, -0.05) is 42.5 Å². The number of hydrogen-bond acceptors (Lipinski definition) is 4. The highest BCUT2D eigenvalue weighted by atomic mass is 32.1. The van der Waals surface area contributed by atoms with Gasteiger partial charge in [0.25, 0.3) is 0 Å². The molecule has 0 unspecified atom stereocenters. The molecule has 0 bridgehead atoms. The molecule has 2 heterocycles. The number of nitrogens with zero attached hydrogens (tertiary/aromatic N) is 2. The van der Waals surface area contributed by atoms with Crippen LogP contribution in [0, 0.1) is 0 Å². The Hall–Kier alpha value is -2.72. The lowest BCUT2D eigenvalue weighted by Gasteiger charge is -2.06. The second-order valence-electron chi connectivity index (χ2n) is 4.90. The van der Waals surface area contributed by atoms with Crippen molar-refractivity contribution in [2.75, 3.05) is 5.32 Å². The third-order valence-electron chi connectivity index (χ3n) is 3.46. The first-order chi connectivity index (χ1) is 10.9. The minimum absolute atomic E-state index is 0.872. The van der Waals surface area contributed by atoms with Crippen molar-refractivity contribution in [2.24, 2.45) is 0 Å². The maximum Gasteiger partial charge on any atom is 0.187 e. The van der Waals surface area contributed by atoms with Crippen LogP contribution in [0.25, 0.3) is 22.2 Å². The number of benzene rings is 2. The maximum absolute atomic E-state index is 4.63. The van der Waals surface area contributed by atoms with Gasteiger partial charge in [-0.15, -0.1) is 11.3 Å². The molecule has 0 aliphatic carbocycles. The summed E-state index contributed by atoms with van der Waals surface area (Å²) in [5.74, 6) is 0. The Kier molecular flexibility index (Phi) is 3.29. The van der Waals surface area contributed by atoms with Crippen LogP contribution < -0.4 is 5.32 Å². The van der Waals surface area contributed by atoms with Crippen molar-refractivity contribution in [2.45, 2.75) is 0 Å². The van der Waals surface area contributed by atoms with Crippen LogP contribution in [0.5, 0.6) is 0 Å². The summed E-state index contributed by atoms with van der Waals surface area (Å²) in [7, 11) is 0. The Balaban J connectivity index is 1.68. The van der Waals surface area contributed by atoms with E-state index in [1.165, 1.54) is 10.8 Å². The highest BCUT2D eigenvalue weighted by Gasteiger charge is 2.07. The number of fused-ring (bicyclic) bond motifs is 1. The van der Waals surface area contributed by atoms with Crippen LogP contribution in [0.3, 0.4) is 0 Å². The van der Waals surface area contributed by atoms with E-state index in [-0.39, 0.29) is 0 Å². The van der Waals surface area contributed by atoms with Gasteiger partial charge >= 0.3 is 0 Å². The number of thiazole rings is 1. The van der Waals surface area contributed by atoms with E-state index in [0.29, 0.717) is 0 Å². The van der Waals surface area contributed by atoms with Crippen LogP contribution in [0.2, 0.25) is 0 Å². The fraction of sp³-hybridized carbons (Fsp3) is 0. The lowest BCUT2D eigenvalue weighted by atomic mass is 10.1. The Morgan fingerprint density at radius 1 is 0.818 bits per heavy atom. The molecule has 0 radical (unpaired) electrons. The molecule has 0 aliphatic heterocycles. The van der Waals surface area contributed by atoms with E-state index in [4.69, 9.17) is 0 Å². The Morgan fingerprint density at radius 3 is 2.59 bits per heavy atom. The van der Waals surface area contributed by atoms with Crippen LogP contribution in [0.1, 0.15) is 0 Å². The van der Waals surface area contributed by atoms with Gasteiger partial charge in [0.05, 0.1) is 5.69 Å². The second kappa shape index (κ2) is 5.58. The molecule has 2 aromatic heterocycles. The van der Waals surface area contributed by atoms with E-state index in [9.17, 15) is 0 Å². The highest BCUT2D eigenvalue weighted by Crippen LogP contribution is 2.29. The normalized spacial score (nSPS) is 10.7. The summed E-state index contributed by atoms with van der Waals surface area (Å²) in [6.45, 7) is 0. The smallest absolute Gasteiger partial charge is 0.187 e. The summed E-state index contributed by atoms with van der Waals surface area (Å²) in [6, 6.07) is 20.4. The summed E-state index contributed by atoms with van der Waals surface area (Å²) in [4.78, 5) is 8.96. The van der Waals surface area contributed by atoms with Crippen LogP contribution in [0.15, 0.2) is 72.2 Å². The Bertz CT molecular complexity index is 910. The topological polar surface area (TPSA) is 37.8 Å². The molecule has 0 saturated heterocycles. The molecule has 106 valence electrons. The van der Waals surface area contributed by atoms with Crippen LogP contribution in [-0.4, -0.2) is 9.97 Å². The molecule has 4 aromatic rings. The molecule has 0 amide bonds. The van der Waals surface area contributed by atoms with E-state index < -0.39 is 0 Å².